The number of nitrogens with one attached hydrogen (secondary N) is 1. The highest BCUT2D eigenvalue weighted by atomic mass is 16.5. The molecule has 1 saturated heterocycles. The van der Waals surface area contributed by atoms with E-state index in [1.54, 1.807) is 6.92 Å². The fourth-order valence-corrected chi connectivity index (χ4v) is 1.56. The Hall–Kier alpha value is -0.160. The summed E-state index contributed by atoms with van der Waals surface area (Å²) in [7, 11) is 0. The smallest absolute Gasteiger partial charge is 0.0636 e. The maximum Gasteiger partial charge on any atom is 0.0636 e. The Morgan fingerprint density at radius 3 is 2.79 bits per heavy atom. The zero-order chi connectivity index (χ0) is 10.2. The molecule has 0 radical (unpaired) electrons. The van der Waals surface area contributed by atoms with Crippen molar-refractivity contribution < 1.29 is 9.84 Å². The summed E-state index contributed by atoms with van der Waals surface area (Å²) in [4.78, 5) is 2.42. The van der Waals surface area contributed by atoms with E-state index in [1.807, 2.05) is 0 Å². The number of ether oxygens (including phenoxy) is 1. The molecule has 1 heterocycles. The van der Waals surface area contributed by atoms with Gasteiger partial charge >= 0.3 is 0 Å². The molecule has 4 nitrogen and oxygen atoms in total. The van der Waals surface area contributed by atoms with Crippen molar-refractivity contribution in [2.75, 3.05) is 45.9 Å². The molecule has 1 rings (SSSR count). The summed E-state index contributed by atoms with van der Waals surface area (Å²) in [6, 6.07) is 0. The fraction of sp³-hybridized carbons (Fsp3) is 1.00. The van der Waals surface area contributed by atoms with E-state index in [9.17, 15) is 0 Å². The summed E-state index contributed by atoms with van der Waals surface area (Å²) in [6.07, 6.45) is 0.908. The van der Waals surface area contributed by atoms with Crippen LogP contribution in [0.25, 0.3) is 0 Å². The first-order chi connectivity index (χ1) is 6.79. The molecule has 1 fully saturated rings. The third kappa shape index (κ3) is 5.54. The lowest BCUT2D eigenvalue weighted by atomic mass is 10.3. The molecule has 0 aromatic heterocycles. The monoisotopic (exact) mass is 202 g/mol. The number of nitrogens with zero attached hydrogens (tertiary/aromatic N) is 1. The molecule has 0 spiro atoms. The first-order valence-electron chi connectivity index (χ1n) is 5.48. The third-order valence-corrected chi connectivity index (χ3v) is 2.37. The van der Waals surface area contributed by atoms with E-state index in [0.717, 1.165) is 45.8 Å². The molecule has 0 aromatic carbocycles. The summed E-state index contributed by atoms with van der Waals surface area (Å²) in [5.74, 6) is 0. The number of hydrogen-bond donors (Lipinski definition) is 2. The first kappa shape index (κ1) is 11.9. The Morgan fingerprint density at radius 2 is 2.14 bits per heavy atom. The van der Waals surface area contributed by atoms with Gasteiger partial charge in [0.15, 0.2) is 0 Å². The van der Waals surface area contributed by atoms with Crippen LogP contribution in [-0.4, -0.2) is 62.0 Å². The molecule has 2 N–H and O–H groups in total. The second-order valence-corrected chi connectivity index (χ2v) is 3.86. The van der Waals surface area contributed by atoms with Crippen molar-refractivity contribution in [3.05, 3.63) is 0 Å². The lowest BCUT2D eigenvalue weighted by Gasteiger charge is -2.26. The van der Waals surface area contributed by atoms with Crippen molar-refractivity contribution in [2.45, 2.75) is 19.4 Å². The highest BCUT2D eigenvalue weighted by Crippen LogP contribution is 1.97. The van der Waals surface area contributed by atoms with Crippen LogP contribution in [0.15, 0.2) is 0 Å². The van der Waals surface area contributed by atoms with Gasteiger partial charge in [-0.05, 0) is 26.4 Å². The van der Waals surface area contributed by atoms with Crippen LogP contribution in [-0.2, 0) is 4.74 Å². The second-order valence-electron chi connectivity index (χ2n) is 3.86. The maximum absolute atomic E-state index is 9.01. The zero-order valence-corrected chi connectivity index (χ0v) is 9.04. The van der Waals surface area contributed by atoms with Crippen molar-refractivity contribution in [2.24, 2.45) is 0 Å². The van der Waals surface area contributed by atoms with Gasteiger partial charge in [-0.2, -0.15) is 0 Å². The van der Waals surface area contributed by atoms with Crippen molar-refractivity contribution in [1.82, 2.24) is 10.2 Å². The van der Waals surface area contributed by atoms with Gasteiger partial charge in [0.05, 0.1) is 19.3 Å². The third-order valence-electron chi connectivity index (χ3n) is 2.37. The van der Waals surface area contributed by atoms with E-state index < -0.39 is 0 Å². The van der Waals surface area contributed by atoms with Crippen LogP contribution in [0.4, 0.5) is 0 Å². The molecule has 1 atom stereocenters. The van der Waals surface area contributed by atoms with E-state index in [-0.39, 0.29) is 6.10 Å². The number of aliphatic hydroxyl groups is 1. The predicted octanol–water partition coefficient (Wildman–Crippen LogP) is -0.321. The average molecular weight is 202 g/mol. The molecule has 4 heteroatoms. The standard InChI is InChI=1S/C10H22N2O2/c1-10(13)9-11-3-2-4-12-5-7-14-8-6-12/h10-11,13H,2-9H2,1H3/t10-/m0/s1. The fourth-order valence-electron chi connectivity index (χ4n) is 1.56. The van der Waals surface area contributed by atoms with Crippen LogP contribution in [0.2, 0.25) is 0 Å². The predicted molar refractivity (Wildman–Crippen MR) is 56.4 cm³/mol. The van der Waals surface area contributed by atoms with Crippen LogP contribution in [0.3, 0.4) is 0 Å². The number of aliphatic hydroxyl groups excluding tert-OH is 1. The molecule has 1 aliphatic rings. The van der Waals surface area contributed by atoms with Crippen molar-refractivity contribution >= 4 is 0 Å². The number of hydrogen-bond acceptors (Lipinski definition) is 4. The van der Waals surface area contributed by atoms with Crippen LogP contribution >= 0.6 is 0 Å². The summed E-state index contributed by atoms with van der Waals surface area (Å²) >= 11 is 0. The minimum Gasteiger partial charge on any atom is -0.392 e. The average Bonchev–Trinajstić information content (AvgIpc) is 2.18. The molecule has 0 unspecified atom stereocenters. The normalized spacial score (nSPS) is 21.0. The van der Waals surface area contributed by atoms with Gasteiger partial charge in [-0.25, -0.2) is 0 Å². The second kappa shape index (κ2) is 7.17. The van der Waals surface area contributed by atoms with Gasteiger partial charge in [0, 0.05) is 19.6 Å². The molecule has 14 heavy (non-hydrogen) atoms. The molecule has 84 valence electrons. The largest absolute Gasteiger partial charge is 0.392 e. The first-order valence-corrected chi connectivity index (χ1v) is 5.48. The highest BCUT2D eigenvalue weighted by Gasteiger charge is 2.08. The van der Waals surface area contributed by atoms with Crippen LogP contribution in [0.1, 0.15) is 13.3 Å². The lowest BCUT2D eigenvalue weighted by molar-refractivity contribution is 0.0374. The van der Waals surface area contributed by atoms with Crippen LogP contribution < -0.4 is 5.32 Å². The summed E-state index contributed by atoms with van der Waals surface area (Å²) in [6.45, 7) is 8.51. The quantitative estimate of drug-likeness (QED) is 0.579. The minimum absolute atomic E-state index is 0.238. The summed E-state index contributed by atoms with van der Waals surface area (Å²) in [5.41, 5.74) is 0. The zero-order valence-electron chi connectivity index (χ0n) is 9.04. The molecular weight excluding hydrogens is 180 g/mol. The van der Waals surface area contributed by atoms with Gasteiger partial charge in [-0.15, -0.1) is 0 Å². The van der Waals surface area contributed by atoms with Gasteiger partial charge in [-0.1, -0.05) is 0 Å². The van der Waals surface area contributed by atoms with Crippen molar-refractivity contribution in [3.8, 4) is 0 Å². The Bertz CT molecular complexity index is 136. The van der Waals surface area contributed by atoms with Gasteiger partial charge in [0.25, 0.3) is 0 Å². The topological polar surface area (TPSA) is 44.7 Å². The van der Waals surface area contributed by atoms with Crippen molar-refractivity contribution in [3.63, 3.8) is 0 Å². The van der Waals surface area contributed by atoms with E-state index in [2.05, 4.69) is 10.2 Å². The van der Waals surface area contributed by atoms with E-state index in [1.165, 1.54) is 0 Å². The van der Waals surface area contributed by atoms with Gasteiger partial charge < -0.3 is 15.2 Å². The Balaban J connectivity index is 1.87. The maximum atomic E-state index is 9.01. The summed E-state index contributed by atoms with van der Waals surface area (Å²) < 4.78 is 5.27. The van der Waals surface area contributed by atoms with E-state index in [0.29, 0.717) is 6.54 Å². The van der Waals surface area contributed by atoms with Gasteiger partial charge in [-0.3, -0.25) is 4.90 Å². The number of rotatable bonds is 6. The van der Waals surface area contributed by atoms with Gasteiger partial charge in [0.2, 0.25) is 0 Å². The molecule has 0 aromatic rings. The minimum atomic E-state index is -0.238. The van der Waals surface area contributed by atoms with E-state index >= 15 is 0 Å². The van der Waals surface area contributed by atoms with Crippen LogP contribution in [0, 0.1) is 0 Å². The molecule has 0 saturated carbocycles. The van der Waals surface area contributed by atoms with Crippen molar-refractivity contribution in [1.29, 1.82) is 0 Å². The number of morpholine rings is 1. The Kier molecular flexibility index (Phi) is 6.10. The lowest BCUT2D eigenvalue weighted by Crippen LogP contribution is -2.38. The van der Waals surface area contributed by atoms with Crippen LogP contribution in [0.5, 0.6) is 0 Å². The molecule has 0 amide bonds. The Labute approximate surface area is 86.2 Å². The molecular formula is C10H22N2O2. The molecule has 1 aliphatic heterocycles. The summed E-state index contributed by atoms with van der Waals surface area (Å²) in [5, 5.41) is 12.2. The van der Waals surface area contributed by atoms with Gasteiger partial charge in [0.1, 0.15) is 0 Å². The van der Waals surface area contributed by atoms with E-state index in [4.69, 9.17) is 9.84 Å². The SMILES string of the molecule is C[C@H](O)CNCCCN1CCOCC1. The highest BCUT2D eigenvalue weighted by molar-refractivity contribution is 4.62. The molecule has 0 bridgehead atoms. The molecule has 0 aliphatic carbocycles. The Morgan fingerprint density at radius 1 is 1.43 bits per heavy atom.